The van der Waals surface area contributed by atoms with Crippen molar-refractivity contribution in [3.8, 4) is 5.82 Å². The SMILES string of the molecule is CCc1nc(CC)n(-c2ncc(Br)cc2Br)n1. The fourth-order valence-electron chi connectivity index (χ4n) is 1.50. The van der Waals surface area contributed by atoms with Crippen molar-refractivity contribution in [3.63, 3.8) is 0 Å². The molecule has 4 nitrogen and oxygen atoms in total. The van der Waals surface area contributed by atoms with Crippen molar-refractivity contribution < 1.29 is 0 Å². The van der Waals surface area contributed by atoms with E-state index in [-0.39, 0.29) is 0 Å². The van der Waals surface area contributed by atoms with Crippen LogP contribution in [0.4, 0.5) is 0 Å². The second-order valence-corrected chi connectivity index (χ2v) is 5.29. The van der Waals surface area contributed by atoms with E-state index in [9.17, 15) is 0 Å². The highest BCUT2D eigenvalue weighted by molar-refractivity contribution is 9.11. The molecule has 6 heteroatoms. The van der Waals surface area contributed by atoms with Gasteiger partial charge in [0.2, 0.25) is 0 Å². The molecule has 0 amide bonds. The van der Waals surface area contributed by atoms with E-state index in [0.29, 0.717) is 0 Å². The summed E-state index contributed by atoms with van der Waals surface area (Å²) >= 11 is 6.88. The van der Waals surface area contributed by atoms with Gasteiger partial charge in [-0.3, -0.25) is 0 Å². The molecule has 2 heterocycles. The average molecular weight is 360 g/mol. The minimum Gasteiger partial charge on any atom is -0.235 e. The first-order valence-electron chi connectivity index (χ1n) is 5.42. The third-order valence-corrected chi connectivity index (χ3v) is 3.36. The standard InChI is InChI=1S/C11H12Br2N4/c1-3-9-15-10(4-2)17(16-9)11-8(13)5-7(12)6-14-11/h5-6H,3-4H2,1-2H3. The number of rotatable bonds is 3. The van der Waals surface area contributed by atoms with Crippen molar-refractivity contribution >= 4 is 31.9 Å². The van der Waals surface area contributed by atoms with Crippen LogP contribution >= 0.6 is 31.9 Å². The van der Waals surface area contributed by atoms with E-state index in [1.165, 1.54) is 0 Å². The summed E-state index contributed by atoms with van der Waals surface area (Å²) in [5.41, 5.74) is 0. The van der Waals surface area contributed by atoms with Gasteiger partial charge in [0.05, 0.1) is 4.47 Å². The molecule has 0 aliphatic rings. The van der Waals surface area contributed by atoms with Crippen LogP contribution in [0.25, 0.3) is 5.82 Å². The molecule has 0 bridgehead atoms. The van der Waals surface area contributed by atoms with Crippen molar-refractivity contribution in [1.29, 1.82) is 0 Å². The molecule has 90 valence electrons. The van der Waals surface area contributed by atoms with Gasteiger partial charge in [0.1, 0.15) is 5.82 Å². The number of halogens is 2. The highest BCUT2D eigenvalue weighted by Gasteiger charge is 2.12. The predicted molar refractivity (Wildman–Crippen MR) is 73.3 cm³/mol. The number of nitrogens with zero attached hydrogens (tertiary/aromatic N) is 4. The Bertz CT molecular complexity index is 536. The van der Waals surface area contributed by atoms with Crippen molar-refractivity contribution in [2.45, 2.75) is 26.7 Å². The number of aromatic nitrogens is 4. The molecule has 17 heavy (non-hydrogen) atoms. The highest BCUT2D eigenvalue weighted by atomic mass is 79.9. The molecule has 0 unspecified atom stereocenters. The maximum atomic E-state index is 4.47. The van der Waals surface area contributed by atoms with Crippen LogP contribution in [0.2, 0.25) is 0 Å². The lowest BCUT2D eigenvalue weighted by Crippen LogP contribution is -2.05. The van der Waals surface area contributed by atoms with Crippen LogP contribution in [-0.2, 0) is 12.8 Å². The van der Waals surface area contributed by atoms with Gasteiger partial charge in [-0.05, 0) is 37.9 Å². The Kier molecular flexibility index (Phi) is 3.93. The van der Waals surface area contributed by atoms with Gasteiger partial charge in [0.25, 0.3) is 0 Å². The minimum absolute atomic E-state index is 0.775. The van der Waals surface area contributed by atoms with Crippen LogP contribution in [0.5, 0.6) is 0 Å². The van der Waals surface area contributed by atoms with Crippen molar-refractivity contribution in [1.82, 2.24) is 19.7 Å². The summed E-state index contributed by atoms with van der Waals surface area (Å²) in [5, 5.41) is 4.46. The first kappa shape index (κ1) is 12.7. The van der Waals surface area contributed by atoms with Crippen molar-refractivity contribution in [2.24, 2.45) is 0 Å². The van der Waals surface area contributed by atoms with E-state index in [2.05, 4.69) is 53.9 Å². The average Bonchev–Trinajstić information content (AvgIpc) is 2.72. The maximum Gasteiger partial charge on any atom is 0.169 e. The highest BCUT2D eigenvalue weighted by Crippen LogP contribution is 2.23. The van der Waals surface area contributed by atoms with E-state index in [4.69, 9.17) is 0 Å². The summed E-state index contributed by atoms with van der Waals surface area (Å²) in [6.45, 7) is 4.11. The van der Waals surface area contributed by atoms with Gasteiger partial charge in [0, 0.05) is 23.5 Å². The topological polar surface area (TPSA) is 43.6 Å². The molecule has 0 saturated heterocycles. The van der Waals surface area contributed by atoms with Gasteiger partial charge >= 0.3 is 0 Å². The molecule has 0 aromatic carbocycles. The second-order valence-electron chi connectivity index (χ2n) is 3.52. The molecule has 0 radical (unpaired) electrons. The normalized spacial score (nSPS) is 10.8. The first-order chi connectivity index (χ1) is 8.15. The second kappa shape index (κ2) is 5.27. The molecular weight excluding hydrogens is 348 g/mol. The molecule has 2 rings (SSSR count). The quantitative estimate of drug-likeness (QED) is 0.844. The fourth-order valence-corrected chi connectivity index (χ4v) is 2.66. The van der Waals surface area contributed by atoms with Crippen molar-refractivity contribution in [3.05, 3.63) is 32.9 Å². The summed E-state index contributed by atoms with van der Waals surface area (Å²) < 4.78 is 3.63. The van der Waals surface area contributed by atoms with E-state index in [1.54, 1.807) is 10.9 Å². The molecule has 2 aromatic rings. The molecule has 0 fully saturated rings. The molecular formula is C11H12Br2N4. The molecule has 0 aliphatic carbocycles. The van der Waals surface area contributed by atoms with Gasteiger partial charge < -0.3 is 0 Å². The van der Waals surface area contributed by atoms with Gasteiger partial charge in [-0.1, -0.05) is 13.8 Å². The third kappa shape index (κ3) is 2.57. The van der Waals surface area contributed by atoms with Crippen LogP contribution in [0, 0.1) is 0 Å². The smallest absolute Gasteiger partial charge is 0.169 e. The zero-order valence-corrected chi connectivity index (χ0v) is 12.8. The van der Waals surface area contributed by atoms with E-state index in [0.717, 1.165) is 39.3 Å². The van der Waals surface area contributed by atoms with Gasteiger partial charge in [-0.25, -0.2) is 9.97 Å². The summed E-state index contributed by atoms with van der Waals surface area (Å²) in [7, 11) is 0. The van der Waals surface area contributed by atoms with Crippen LogP contribution < -0.4 is 0 Å². The molecule has 0 saturated carbocycles. The number of aryl methyl sites for hydroxylation is 2. The summed E-state index contributed by atoms with van der Waals surface area (Å²) in [5.74, 6) is 2.55. The maximum absolute atomic E-state index is 4.47. The van der Waals surface area contributed by atoms with Gasteiger partial charge in [-0.15, -0.1) is 5.10 Å². The van der Waals surface area contributed by atoms with Gasteiger partial charge in [0.15, 0.2) is 11.6 Å². The predicted octanol–water partition coefficient (Wildman–Crippen LogP) is 3.31. The third-order valence-electron chi connectivity index (χ3n) is 2.34. The van der Waals surface area contributed by atoms with Crippen LogP contribution in [0.3, 0.4) is 0 Å². The lowest BCUT2D eigenvalue weighted by atomic mass is 10.4. The van der Waals surface area contributed by atoms with E-state index >= 15 is 0 Å². The Hall–Kier alpha value is -0.750. The zero-order valence-electron chi connectivity index (χ0n) is 9.61. The van der Waals surface area contributed by atoms with Crippen molar-refractivity contribution in [2.75, 3.05) is 0 Å². The molecule has 0 N–H and O–H groups in total. The molecule has 0 atom stereocenters. The zero-order chi connectivity index (χ0) is 12.4. The molecule has 0 spiro atoms. The number of hydrogen-bond acceptors (Lipinski definition) is 3. The largest absolute Gasteiger partial charge is 0.235 e. The Morgan fingerprint density at radius 3 is 2.59 bits per heavy atom. The fraction of sp³-hybridized carbons (Fsp3) is 0.364. The Balaban J connectivity index is 2.55. The van der Waals surface area contributed by atoms with Crippen LogP contribution in [0.15, 0.2) is 21.2 Å². The first-order valence-corrected chi connectivity index (χ1v) is 7.00. The molecule has 2 aromatic heterocycles. The summed E-state index contributed by atoms with van der Waals surface area (Å²) in [6, 6.07) is 1.95. The lowest BCUT2D eigenvalue weighted by Gasteiger charge is -2.05. The number of hydrogen-bond donors (Lipinski definition) is 0. The summed E-state index contributed by atoms with van der Waals surface area (Å²) in [6.07, 6.45) is 3.41. The van der Waals surface area contributed by atoms with Gasteiger partial charge in [-0.2, -0.15) is 4.68 Å². The monoisotopic (exact) mass is 358 g/mol. The Morgan fingerprint density at radius 2 is 2.00 bits per heavy atom. The number of pyridine rings is 1. The van der Waals surface area contributed by atoms with Crippen LogP contribution in [-0.4, -0.2) is 19.7 Å². The Labute approximate surface area is 117 Å². The lowest BCUT2D eigenvalue weighted by molar-refractivity contribution is 0.765. The Morgan fingerprint density at radius 1 is 1.24 bits per heavy atom. The minimum atomic E-state index is 0.775. The van der Waals surface area contributed by atoms with Crippen LogP contribution in [0.1, 0.15) is 25.5 Å². The van der Waals surface area contributed by atoms with E-state index in [1.807, 2.05) is 13.0 Å². The molecule has 0 aliphatic heterocycles. The van der Waals surface area contributed by atoms with E-state index < -0.39 is 0 Å². The summed E-state index contributed by atoms with van der Waals surface area (Å²) in [4.78, 5) is 8.84.